The number of para-hydroxylation sites is 1. The van der Waals surface area contributed by atoms with E-state index in [1.807, 2.05) is 49.4 Å². The number of hydrogen-bond acceptors (Lipinski definition) is 6. The molecule has 4 rings (SSSR count). The molecule has 1 aromatic heterocycles. The van der Waals surface area contributed by atoms with Gasteiger partial charge in [0.15, 0.2) is 0 Å². The molecule has 1 fully saturated rings. The summed E-state index contributed by atoms with van der Waals surface area (Å²) >= 11 is 0. The van der Waals surface area contributed by atoms with Crippen molar-refractivity contribution in [3.8, 4) is 5.75 Å². The lowest BCUT2D eigenvalue weighted by molar-refractivity contribution is 0.122. The van der Waals surface area contributed by atoms with Gasteiger partial charge in [-0.15, -0.1) is 0 Å². The number of aromatic nitrogens is 2. The van der Waals surface area contributed by atoms with Crippen LogP contribution in [-0.4, -0.2) is 42.9 Å². The standard InChI is InChI=1S/C20H22N4O2/c1-2-26-16-9-7-15(8-10-16)21-20-22-18-6-4-3-5-17(18)19(23-20)24-11-13-25-14-12-24/h3-10H,2,11-14H2,1H3,(H,21,22,23). The molecule has 134 valence electrons. The minimum absolute atomic E-state index is 0.592. The van der Waals surface area contributed by atoms with Crippen molar-refractivity contribution in [1.82, 2.24) is 9.97 Å². The molecule has 0 bridgehead atoms. The van der Waals surface area contributed by atoms with Crippen LogP contribution in [0.15, 0.2) is 48.5 Å². The van der Waals surface area contributed by atoms with Gasteiger partial charge in [0.05, 0.1) is 25.3 Å². The van der Waals surface area contributed by atoms with Crippen LogP contribution < -0.4 is 15.0 Å². The molecule has 6 heteroatoms. The van der Waals surface area contributed by atoms with Gasteiger partial charge >= 0.3 is 0 Å². The second-order valence-electron chi connectivity index (χ2n) is 6.07. The van der Waals surface area contributed by atoms with Crippen LogP contribution in [0.2, 0.25) is 0 Å². The Bertz CT molecular complexity index is 877. The van der Waals surface area contributed by atoms with E-state index in [-0.39, 0.29) is 0 Å². The normalized spacial score (nSPS) is 14.4. The van der Waals surface area contributed by atoms with Crippen LogP contribution in [0.25, 0.3) is 10.9 Å². The second-order valence-corrected chi connectivity index (χ2v) is 6.07. The second kappa shape index (κ2) is 7.58. The molecule has 0 saturated carbocycles. The smallest absolute Gasteiger partial charge is 0.229 e. The lowest BCUT2D eigenvalue weighted by atomic mass is 10.2. The molecule has 0 aliphatic carbocycles. The Morgan fingerprint density at radius 2 is 1.81 bits per heavy atom. The van der Waals surface area contributed by atoms with Gasteiger partial charge in [0, 0.05) is 24.2 Å². The fourth-order valence-electron chi connectivity index (χ4n) is 3.06. The van der Waals surface area contributed by atoms with E-state index in [2.05, 4.69) is 21.3 Å². The van der Waals surface area contributed by atoms with Crippen molar-refractivity contribution in [1.29, 1.82) is 0 Å². The number of hydrogen-bond donors (Lipinski definition) is 1. The molecule has 0 unspecified atom stereocenters. The molecular formula is C20H22N4O2. The SMILES string of the molecule is CCOc1ccc(Nc2nc(N3CCOCC3)c3ccccc3n2)cc1. The number of nitrogens with zero attached hydrogens (tertiary/aromatic N) is 3. The third-order valence-electron chi connectivity index (χ3n) is 4.32. The van der Waals surface area contributed by atoms with Crippen LogP contribution in [0.5, 0.6) is 5.75 Å². The number of benzene rings is 2. The summed E-state index contributed by atoms with van der Waals surface area (Å²) in [7, 11) is 0. The van der Waals surface area contributed by atoms with E-state index in [4.69, 9.17) is 14.5 Å². The Balaban J connectivity index is 1.66. The van der Waals surface area contributed by atoms with Crippen molar-refractivity contribution in [2.75, 3.05) is 43.1 Å². The molecule has 6 nitrogen and oxygen atoms in total. The average molecular weight is 350 g/mol. The Kier molecular flexibility index (Phi) is 4.84. The third kappa shape index (κ3) is 3.55. The number of nitrogens with one attached hydrogen (secondary N) is 1. The lowest BCUT2D eigenvalue weighted by Gasteiger charge is -2.29. The van der Waals surface area contributed by atoms with Crippen LogP contribution in [0, 0.1) is 0 Å². The molecule has 1 saturated heterocycles. The van der Waals surface area contributed by atoms with E-state index >= 15 is 0 Å². The first-order chi connectivity index (χ1) is 12.8. The molecule has 0 spiro atoms. The van der Waals surface area contributed by atoms with Crippen molar-refractivity contribution >= 4 is 28.4 Å². The van der Waals surface area contributed by atoms with E-state index in [9.17, 15) is 0 Å². The summed E-state index contributed by atoms with van der Waals surface area (Å²) in [5.41, 5.74) is 1.86. The molecular weight excluding hydrogens is 328 g/mol. The highest BCUT2D eigenvalue weighted by Gasteiger charge is 2.17. The predicted molar refractivity (Wildman–Crippen MR) is 103 cm³/mol. The molecule has 1 aliphatic rings. The largest absolute Gasteiger partial charge is 0.494 e. The molecule has 0 atom stereocenters. The monoisotopic (exact) mass is 350 g/mol. The van der Waals surface area contributed by atoms with Gasteiger partial charge in [-0.3, -0.25) is 0 Å². The maximum atomic E-state index is 5.49. The van der Waals surface area contributed by atoms with Gasteiger partial charge in [0.1, 0.15) is 11.6 Å². The number of morpholine rings is 1. The lowest BCUT2D eigenvalue weighted by Crippen LogP contribution is -2.37. The molecule has 26 heavy (non-hydrogen) atoms. The van der Waals surface area contributed by atoms with Gasteiger partial charge in [-0.25, -0.2) is 4.98 Å². The minimum atomic E-state index is 0.592. The fourth-order valence-corrected chi connectivity index (χ4v) is 3.06. The van der Waals surface area contributed by atoms with E-state index in [1.165, 1.54) is 0 Å². The summed E-state index contributed by atoms with van der Waals surface area (Å²) in [4.78, 5) is 11.7. The fraction of sp³-hybridized carbons (Fsp3) is 0.300. The van der Waals surface area contributed by atoms with Crippen LogP contribution in [0.1, 0.15) is 6.92 Å². The average Bonchev–Trinajstić information content (AvgIpc) is 2.70. The molecule has 0 amide bonds. The summed E-state index contributed by atoms with van der Waals surface area (Å²) in [5.74, 6) is 2.40. The molecule has 3 aromatic rings. The van der Waals surface area contributed by atoms with Crippen LogP contribution >= 0.6 is 0 Å². The Morgan fingerprint density at radius 1 is 1.04 bits per heavy atom. The maximum Gasteiger partial charge on any atom is 0.229 e. The van der Waals surface area contributed by atoms with Gasteiger partial charge in [-0.1, -0.05) is 12.1 Å². The summed E-state index contributed by atoms with van der Waals surface area (Å²) in [6.07, 6.45) is 0. The highest BCUT2D eigenvalue weighted by Crippen LogP contribution is 2.27. The van der Waals surface area contributed by atoms with Crippen molar-refractivity contribution < 1.29 is 9.47 Å². The van der Waals surface area contributed by atoms with Crippen LogP contribution in [0.3, 0.4) is 0 Å². The predicted octanol–water partition coefficient (Wildman–Crippen LogP) is 3.61. The minimum Gasteiger partial charge on any atom is -0.494 e. The van der Waals surface area contributed by atoms with Crippen molar-refractivity contribution in [2.24, 2.45) is 0 Å². The van der Waals surface area contributed by atoms with Gasteiger partial charge in [-0.05, 0) is 43.3 Å². The zero-order valence-corrected chi connectivity index (χ0v) is 14.8. The third-order valence-corrected chi connectivity index (χ3v) is 4.32. The quantitative estimate of drug-likeness (QED) is 0.759. The van der Waals surface area contributed by atoms with E-state index in [0.717, 1.165) is 54.5 Å². The van der Waals surface area contributed by atoms with Crippen molar-refractivity contribution in [2.45, 2.75) is 6.92 Å². The summed E-state index contributed by atoms with van der Waals surface area (Å²) < 4.78 is 11.0. The van der Waals surface area contributed by atoms with Gasteiger partial charge < -0.3 is 19.7 Å². The summed E-state index contributed by atoms with van der Waals surface area (Å²) in [6.45, 7) is 5.75. The highest BCUT2D eigenvalue weighted by molar-refractivity contribution is 5.90. The topological polar surface area (TPSA) is 59.5 Å². The van der Waals surface area contributed by atoms with E-state index < -0.39 is 0 Å². The van der Waals surface area contributed by atoms with E-state index in [0.29, 0.717) is 12.6 Å². The number of anilines is 3. The number of rotatable bonds is 5. The maximum absolute atomic E-state index is 5.49. The van der Waals surface area contributed by atoms with Gasteiger partial charge in [-0.2, -0.15) is 4.98 Å². The molecule has 0 radical (unpaired) electrons. The first kappa shape index (κ1) is 16.6. The number of fused-ring (bicyclic) bond motifs is 1. The van der Waals surface area contributed by atoms with Gasteiger partial charge in [0.25, 0.3) is 0 Å². The summed E-state index contributed by atoms with van der Waals surface area (Å²) in [5, 5.41) is 4.37. The van der Waals surface area contributed by atoms with Gasteiger partial charge in [0.2, 0.25) is 5.95 Å². The van der Waals surface area contributed by atoms with E-state index in [1.54, 1.807) is 0 Å². The van der Waals surface area contributed by atoms with Crippen molar-refractivity contribution in [3.63, 3.8) is 0 Å². The molecule has 1 N–H and O–H groups in total. The zero-order chi connectivity index (χ0) is 17.8. The first-order valence-electron chi connectivity index (χ1n) is 8.93. The van der Waals surface area contributed by atoms with Crippen molar-refractivity contribution in [3.05, 3.63) is 48.5 Å². The number of ether oxygens (including phenoxy) is 2. The van der Waals surface area contributed by atoms with Crippen LogP contribution in [-0.2, 0) is 4.74 Å². The zero-order valence-electron chi connectivity index (χ0n) is 14.8. The Morgan fingerprint density at radius 3 is 2.58 bits per heavy atom. The van der Waals surface area contributed by atoms with Crippen LogP contribution in [0.4, 0.5) is 17.5 Å². The highest BCUT2D eigenvalue weighted by atomic mass is 16.5. The molecule has 2 heterocycles. The first-order valence-corrected chi connectivity index (χ1v) is 8.93. The molecule has 2 aromatic carbocycles. The Labute approximate surface area is 152 Å². The Hall–Kier alpha value is -2.86. The summed E-state index contributed by atoms with van der Waals surface area (Å²) in [6, 6.07) is 15.9. The molecule has 1 aliphatic heterocycles.